The maximum absolute atomic E-state index is 12.1. The van der Waals surface area contributed by atoms with Crippen molar-refractivity contribution in [3.05, 3.63) is 29.8 Å². The zero-order valence-corrected chi connectivity index (χ0v) is 11.3. The van der Waals surface area contributed by atoms with Crippen molar-refractivity contribution in [2.75, 3.05) is 6.54 Å². The van der Waals surface area contributed by atoms with Crippen molar-refractivity contribution in [2.45, 2.75) is 45.5 Å². The van der Waals surface area contributed by atoms with E-state index in [1.54, 1.807) is 12.1 Å². The molecule has 0 amide bonds. The molecule has 0 saturated carbocycles. The van der Waals surface area contributed by atoms with Crippen molar-refractivity contribution in [3.8, 4) is 5.75 Å². The quantitative estimate of drug-likeness (QED) is 0.795. The Hall–Kier alpha value is -1.23. The molecule has 2 nitrogen and oxygen atoms in total. The van der Waals surface area contributed by atoms with Crippen LogP contribution in [0.5, 0.6) is 5.75 Å². The van der Waals surface area contributed by atoms with Gasteiger partial charge in [0, 0.05) is 6.04 Å². The van der Waals surface area contributed by atoms with Crippen molar-refractivity contribution in [1.29, 1.82) is 0 Å². The van der Waals surface area contributed by atoms with E-state index >= 15 is 0 Å². The average molecular weight is 275 g/mol. The fraction of sp³-hybridized carbons (Fsp3) is 0.571. The maximum atomic E-state index is 12.1. The third kappa shape index (κ3) is 5.96. The van der Waals surface area contributed by atoms with Crippen molar-refractivity contribution in [3.63, 3.8) is 0 Å². The molecule has 0 aliphatic carbocycles. The van der Waals surface area contributed by atoms with Crippen LogP contribution in [0.1, 0.15) is 44.7 Å². The van der Waals surface area contributed by atoms with E-state index in [4.69, 9.17) is 0 Å². The number of nitrogens with one attached hydrogen (secondary N) is 1. The summed E-state index contributed by atoms with van der Waals surface area (Å²) in [5, 5.41) is 3.34. The van der Waals surface area contributed by atoms with Crippen LogP contribution in [0.15, 0.2) is 24.3 Å². The summed E-state index contributed by atoms with van der Waals surface area (Å²) in [4.78, 5) is 0. The summed E-state index contributed by atoms with van der Waals surface area (Å²) in [6.45, 7) is 4.96. The number of alkyl halides is 3. The predicted octanol–water partition coefficient (Wildman–Crippen LogP) is 4.43. The summed E-state index contributed by atoms with van der Waals surface area (Å²) in [6.07, 6.45) is -1.48. The molecular weight excluding hydrogens is 255 g/mol. The van der Waals surface area contributed by atoms with Crippen molar-refractivity contribution >= 4 is 0 Å². The van der Waals surface area contributed by atoms with Gasteiger partial charge in [-0.2, -0.15) is 0 Å². The number of unbranched alkanes of at least 4 members (excludes halogenated alkanes) is 1. The van der Waals surface area contributed by atoms with Crippen LogP contribution in [0, 0.1) is 0 Å². The molecule has 19 heavy (non-hydrogen) atoms. The van der Waals surface area contributed by atoms with E-state index in [2.05, 4.69) is 17.0 Å². The van der Waals surface area contributed by atoms with E-state index in [0.29, 0.717) is 0 Å². The summed E-state index contributed by atoms with van der Waals surface area (Å²) in [5.74, 6) is -0.179. The molecule has 0 saturated heterocycles. The van der Waals surface area contributed by atoms with Crippen molar-refractivity contribution in [1.82, 2.24) is 5.32 Å². The number of hydrogen-bond donors (Lipinski definition) is 1. The second kappa shape index (κ2) is 7.38. The molecule has 1 aromatic rings. The van der Waals surface area contributed by atoms with E-state index in [9.17, 15) is 13.2 Å². The van der Waals surface area contributed by atoms with Crippen LogP contribution in [-0.2, 0) is 0 Å². The van der Waals surface area contributed by atoms with E-state index in [1.807, 2.05) is 6.92 Å². The van der Waals surface area contributed by atoms with Gasteiger partial charge in [0.15, 0.2) is 0 Å². The molecule has 1 unspecified atom stereocenters. The lowest BCUT2D eigenvalue weighted by atomic mass is 10.0. The van der Waals surface area contributed by atoms with Gasteiger partial charge in [-0.25, -0.2) is 0 Å². The van der Waals surface area contributed by atoms with E-state index in [-0.39, 0.29) is 11.8 Å². The monoisotopic (exact) mass is 275 g/mol. The SMILES string of the molecule is CCCCC(NCC)c1ccc(OC(F)(F)F)cc1. The minimum atomic E-state index is -4.63. The first kappa shape index (κ1) is 15.8. The first-order chi connectivity index (χ1) is 8.96. The highest BCUT2D eigenvalue weighted by atomic mass is 19.4. The first-order valence-electron chi connectivity index (χ1n) is 6.55. The minimum Gasteiger partial charge on any atom is -0.406 e. The lowest BCUT2D eigenvalue weighted by molar-refractivity contribution is -0.274. The molecule has 0 fully saturated rings. The summed E-state index contributed by atoms with van der Waals surface area (Å²) in [6, 6.07) is 6.27. The van der Waals surface area contributed by atoms with E-state index < -0.39 is 6.36 Å². The Morgan fingerprint density at radius 3 is 2.26 bits per heavy atom. The molecule has 1 aromatic carbocycles. The fourth-order valence-corrected chi connectivity index (χ4v) is 1.94. The number of halogens is 3. The van der Waals surface area contributed by atoms with Crippen LogP contribution in [0.3, 0.4) is 0 Å². The largest absolute Gasteiger partial charge is 0.573 e. The van der Waals surface area contributed by atoms with Crippen LogP contribution in [0.25, 0.3) is 0 Å². The molecule has 0 aromatic heterocycles. The number of ether oxygens (including phenoxy) is 1. The zero-order valence-electron chi connectivity index (χ0n) is 11.3. The summed E-state index contributed by atoms with van der Waals surface area (Å²) < 4.78 is 40.0. The van der Waals surface area contributed by atoms with Crippen LogP contribution in [-0.4, -0.2) is 12.9 Å². The van der Waals surface area contributed by atoms with Gasteiger partial charge < -0.3 is 10.1 Å². The number of benzene rings is 1. The Labute approximate surface area is 112 Å². The molecule has 0 aliphatic rings. The topological polar surface area (TPSA) is 21.3 Å². The fourth-order valence-electron chi connectivity index (χ4n) is 1.94. The van der Waals surface area contributed by atoms with Crippen LogP contribution in [0.2, 0.25) is 0 Å². The van der Waals surface area contributed by atoms with Gasteiger partial charge in [-0.15, -0.1) is 13.2 Å². The molecule has 5 heteroatoms. The van der Waals surface area contributed by atoms with E-state index in [0.717, 1.165) is 31.4 Å². The molecule has 0 heterocycles. The average Bonchev–Trinajstić information content (AvgIpc) is 2.34. The van der Waals surface area contributed by atoms with Gasteiger partial charge in [0.2, 0.25) is 0 Å². The van der Waals surface area contributed by atoms with Crippen molar-refractivity contribution < 1.29 is 17.9 Å². The highest BCUT2D eigenvalue weighted by molar-refractivity contribution is 5.29. The molecule has 108 valence electrons. The second-order valence-electron chi connectivity index (χ2n) is 4.37. The Bertz CT molecular complexity index is 362. The van der Waals surface area contributed by atoms with Gasteiger partial charge in [-0.1, -0.05) is 38.8 Å². The Morgan fingerprint density at radius 2 is 1.79 bits per heavy atom. The van der Waals surface area contributed by atoms with E-state index in [1.165, 1.54) is 12.1 Å². The predicted molar refractivity (Wildman–Crippen MR) is 69.1 cm³/mol. The number of hydrogen-bond acceptors (Lipinski definition) is 2. The van der Waals surface area contributed by atoms with Gasteiger partial charge >= 0.3 is 6.36 Å². The molecule has 1 atom stereocenters. The van der Waals surface area contributed by atoms with Crippen molar-refractivity contribution in [2.24, 2.45) is 0 Å². The molecule has 1 N–H and O–H groups in total. The summed E-state index contributed by atoms with van der Waals surface area (Å²) in [7, 11) is 0. The molecule has 0 radical (unpaired) electrons. The molecular formula is C14H20F3NO. The van der Waals surface area contributed by atoms with Gasteiger partial charge in [0.25, 0.3) is 0 Å². The Morgan fingerprint density at radius 1 is 1.16 bits per heavy atom. The number of rotatable bonds is 7. The van der Waals surface area contributed by atoms with Gasteiger partial charge in [-0.3, -0.25) is 0 Å². The summed E-state index contributed by atoms with van der Waals surface area (Å²) in [5.41, 5.74) is 0.991. The summed E-state index contributed by atoms with van der Waals surface area (Å²) >= 11 is 0. The van der Waals surface area contributed by atoms with Gasteiger partial charge in [-0.05, 0) is 30.7 Å². The smallest absolute Gasteiger partial charge is 0.406 e. The maximum Gasteiger partial charge on any atom is 0.573 e. The molecule has 1 rings (SSSR count). The molecule has 0 spiro atoms. The lowest BCUT2D eigenvalue weighted by Crippen LogP contribution is -2.21. The first-order valence-corrected chi connectivity index (χ1v) is 6.55. The van der Waals surface area contributed by atoms with Gasteiger partial charge in [0.05, 0.1) is 0 Å². The van der Waals surface area contributed by atoms with Crippen LogP contribution < -0.4 is 10.1 Å². The Balaban J connectivity index is 2.71. The van der Waals surface area contributed by atoms with Gasteiger partial charge in [0.1, 0.15) is 5.75 Å². The normalized spacial score (nSPS) is 13.3. The lowest BCUT2D eigenvalue weighted by Gasteiger charge is -2.18. The van der Waals surface area contributed by atoms with Crippen LogP contribution in [0.4, 0.5) is 13.2 Å². The standard InChI is InChI=1S/C14H20F3NO/c1-3-5-6-13(18-4-2)11-7-9-12(10-8-11)19-14(15,16)17/h7-10,13,18H,3-6H2,1-2H3. The third-order valence-electron chi connectivity index (χ3n) is 2.81. The Kier molecular flexibility index (Phi) is 6.15. The molecule has 0 aliphatic heterocycles. The third-order valence-corrected chi connectivity index (χ3v) is 2.81. The molecule has 0 bridgehead atoms. The highest BCUT2D eigenvalue weighted by Gasteiger charge is 2.31. The minimum absolute atomic E-state index is 0.179. The highest BCUT2D eigenvalue weighted by Crippen LogP contribution is 2.26. The van der Waals surface area contributed by atoms with Crippen LogP contribution >= 0.6 is 0 Å². The zero-order chi connectivity index (χ0) is 14.3. The second-order valence-corrected chi connectivity index (χ2v) is 4.37.